The van der Waals surface area contributed by atoms with E-state index in [4.69, 9.17) is 39.0 Å². The molecule has 3 saturated heterocycles. The van der Waals surface area contributed by atoms with Crippen LogP contribution in [0.15, 0.2) is 12.3 Å². The molecule has 1 spiro atoms. The first-order valence-electron chi connectivity index (χ1n) is 16.1. The van der Waals surface area contributed by atoms with Crippen molar-refractivity contribution >= 4 is 40.6 Å². The van der Waals surface area contributed by atoms with Crippen molar-refractivity contribution in [3.8, 4) is 0 Å². The van der Waals surface area contributed by atoms with Gasteiger partial charge in [0.05, 0.1) is 28.5 Å². The first-order chi connectivity index (χ1) is 19.9. The highest BCUT2D eigenvalue weighted by Gasteiger charge is 2.54. The highest BCUT2D eigenvalue weighted by Crippen LogP contribution is 2.50. The molecule has 2 aromatic rings. The summed E-state index contributed by atoms with van der Waals surface area (Å²) in [7, 11) is 0. The number of alkyl halides is 2. The molecule has 3 aliphatic heterocycles. The van der Waals surface area contributed by atoms with Gasteiger partial charge in [-0.2, -0.15) is 5.10 Å². The first-order valence-corrected chi connectivity index (χ1v) is 16.9. The van der Waals surface area contributed by atoms with Crippen molar-refractivity contribution < 1.29 is 4.79 Å². The van der Waals surface area contributed by atoms with Gasteiger partial charge < -0.3 is 15.5 Å². The molecule has 4 fully saturated rings. The van der Waals surface area contributed by atoms with Crippen LogP contribution in [-0.2, 0) is 4.79 Å². The monoisotopic (exact) mass is 603 g/mol. The van der Waals surface area contributed by atoms with Crippen LogP contribution in [0, 0.1) is 18.3 Å². The number of halogens is 2. The summed E-state index contributed by atoms with van der Waals surface area (Å²) in [5.74, 6) is 0.863. The highest BCUT2D eigenvalue weighted by molar-refractivity contribution is 6.24. The van der Waals surface area contributed by atoms with Crippen LogP contribution in [0.5, 0.6) is 0 Å². The molecule has 2 aromatic heterocycles. The van der Waals surface area contributed by atoms with Crippen LogP contribution in [0.2, 0.25) is 0 Å². The topological polar surface area (TPSA) is 91.8 Å². The Hall–Kier alpha value is -1.61. The van der Waals surface area contributed by atoms with Crippen LogP contribution in [0.25, 0.3) is 5.65 Å². The number of rotatable bonds is 3. The number of carbonyl (C=O) groups is 1. The maximum absolute atomic E-state index is 14.7. The average Bonchev–Trinajstić information content (AvgIpc) is 3.59. The van der Waals surface area contributed by atoms with Crippen molar-refractivity contribution in [2.45, 2.75) is 113 Å². The summed E-state index contributed by atoms with van der Waals surface area (Å²) in [5, 5.41) is 8.20. The number of nitrogens with one attached hydrogen (secondary N) is 1. The Kier molecular flexibility index (Phi) is 9.02. The molecule has 10 heteroatoms. The third kappa shape index (κ3) is 5.83. The van der Waals surface area contributed by atoms with E-state index < -0.39 is 0 Å². The fourth-order valence-electron chi connectivity index (χ4n) is 8.10. The zero-order chi connectivity index (χ0) is 28.6. The molecule has 3 unspecified atom stereocenters. The maximum atomic E-state index is 14.7. The Bertz CT molecular complexity index is 1210. The number of hydrogen-bond donors (Lipinski definition) is 2. The van der Waals surface area contributed by atoms with Gasteiger partial charge in [-0.25, -0.2) is 9.50 Å². The number of hydrogen-bond acceptors (Lipinski definition) is 6. The Balaban J connectivity index is 1.30. The Morgan fingerprint density at radius 3 is 2.46 bits per heavy atom. The van der Waals surface area contributed by atoms with Crippen molar-refractivity contribution in [3.63, 3.8) is 0 Å². The van der Waals surface area contributed by atoms with Gasteiger partial charge in [-0.3, -0.25) is 10.1 Å². The number of aryl methyl sites for hydroxylation is 1. The number of fused-ring (bicyclic) bond motifs is 1. The van der Waals surface area contributed by atoms with Crippen LogP contribution in [0.1, 0.15) is 101 Å². The van der Waals surface area contributed by atoms with Gasteiger partial charge in [0.15, 0.2) is 5.65 Å². The van der Waals surface area contributed by atoms with Crippen LogP contribution in [0.4, 0.5) is 5.82 Å². The summed E-state index contributed by atoms with van der Waals surface area (Å²) < 4.78 is 1.88. The number of likely N-dealkylation sites (tertiary alicyclic amines) is 1. The summed E-state index contributed by atoms with van der Waals surface area (Å²) in [4.78, 5) is 24.1. The first kappa shape index (κ1) is 29.5. The largest absolute Gasteiger partial charge is 0.355 e. The Morgan fingerprint density at radius 2 is 1.76 bits per heavy atom. The number of carbonyl (C=O) groups excluding carboxylic acids is 1. The molecular formula is C31H47Cl2N7O. The van der Waals surface area contributed by atoms with E-state index in [1.54, 1.807) is 0 Å². The molecule has 5 heterocycles. The van der Waals surface area contributed by atoms with Gasteiger partial charge in [-0.15, -0.1) is 23.2 Å². The summed E-state index contributed by atoms with van der Waals surface area (Å²) in [6.45, 7) is 5.14. The van der Waals surface area contributed by atoms with Crippen LogP contribution in [0.3, 0.4) is 0 Å². The smallest absolute Gasteiger partial charge is 0.228 e. The maximum Gasteiger partial charge on any atom is 0.228 e. The molecule has 1 amide bonds. The van der Waals surface area contributed by atoms with Crippen molar-refractivity contribution in [2.24, 2.45) is 17.1 Å². The van der Waals surface area contributed by atoms with Crippen molar-refractivity contribution in [3.05, 3.63) is 23.5 Å². The number of amides is 1. The molecule has 0 radical (unpaired) electrons. The molecule has 5 atom stereocenters. The molecule has 1 aliphatic carbocycles. The predicted octanol–water partition coefficient (Wildman–Crippen LogP) is 5.53. The van der Waals surface area contributed by atoms with Gasteiger partial charge in [0, 0.05) is 55.5 Å². The lowest BCUT2D eigenvalue weighted by molar-refractivity contribution is -0.147. The molecular weight excluding hydrogens is 557 g/mol. The fraction of sp³-hybridized carbons (Fsp3) is 0.774. The third-order valence-electron chi connectivity index (χ3n) is 10.3. The second-order valence-electron chi connectivity index (χ2n) is 13.1. The van der Waals surface area contributed by atoms with Crippen LogP contribution >= 0.6 is 23.2 Å². The van der Waals surface area contributed by atoms with E-state index in [0.29, 0.717) is 6.54 Å². The third-order valence-corrected chi connectivity index (χ3v) is 11.3. The lowest BCUT2D eigenvalue weighted by Gasteiger charge is -2.52. The summed E-state index contributed by atoms with van der Waals surface area (Å²) in [5.41, 5.74) is 8.44. The molecule has 226 valence electrons. The average molecular weight is 605 g/mol. The van der Waals surface area contributed by atoms with E-state index in [9.17, 15) is 4.79 Å². The molecule has 3 N–H and O–H groups in total. The second kappa shape index (κ2) is 12.6. The van der Waals surface area contributed by atoms with Gasteiger partial charge in [0.25, 0.3) is 0 Å². The van der Waals surface area contributed by atoms with Gasteiger partial charge in [-0.1, -0.05) is 44.9 Å². The minimum atomic E-state index is -0.328. The normalized spacial score (nSPS) is 31.6. The van der Waals surface area contributed by atoms with Crippen molar-refractivity contribution in [1.29, 1.82) is 0 Å². The molecule has 41 heavy (non-hydrogen) atoms. The summed E-state index contributed by atoms with van der Waals surface area (Å²) in [6, 6.07) is 2.20. The van der Waals surface area contributed by atoms with E-state index >= 15 is 0 Å². The Labute approximate surface area is 254 Å². The van der Waals surface area contributed by atoms with E-state index in [1.807, 2.05) is 4.52 Å². The van der Waals surface area contributed by atoms with Crippen LogP contribution in [-0.4, -0.2) is 68.5 Å². The number of nitrogens with two attached hydrogens (primary N) is 1. The predicted molar refractivity (Wildman–Crippen MR) is 166 cm³/mol. The number of anilines is 1. The minimum Gasteiger partial charge on any atom is -0.355 e. The van der Waals surface area contributed by atoms with E-state index in [0.717, 1.165) is 93.7 Å². The van der Waals surface area contributed by atoms with Gasteiger partial charge in [0.2, 0.25) is 5.91 Å². The highest BCUT2D eigenvalue weighted by atomic mass is 35.5. The van der Waals surface area contributed by atoms with Gasteiger partial charge in [-0.05, 0) is 45.4 Å². The standard InChI is InChI=1S/C31H47Cl2N7O/c1-21-19-40-26(36-28(21)38-16-12-22(34)20-38)17-24(37-40)25-11-7-10-15-39(25)29(41)27-23(32)18-35-30(33)31(27)13-8-5-3-2-4-6-9-14-31/h17,19,22-23,25,27,30,35H,2-16,18,20,34H2,1H3/t22-,23?,25-,27?,30?/m0/s1. The fourth-order valence-corrected chi connectivity index (χ4v) is 8.99. The quantitative estimate of drug-likeness (QED) is 0.354. The van der Waals surface area contributed by atoms with Gasteiger partial charge >= 0.3 is 0 Å². The van der Waals surface area contributed by atoms with E-state index in [1.165, 1.54) is 32.1 Å². The lowest BCUT2D eigenvalue weighted by atomic mass is 9.64. The van der Waals surface area contributed by atoms with E-state index in [2.05, 4.69) is 34.3 Å². The molecule has 1 saturated carbocycles. The van der Waals surface area contributed by atoms with Gasteiger partial charge in [0.1, 0.15) is 5.82 Å². The van der Waals surface area contributed by atoms with Crippen LogP contribution < -0.4 is 16.0 Å². The van der Waals surface area contributed by atoms with Crippen molar-refractivity contribution in [2.75, 3.05) is 31.1 Å². The summed E-state index contributed by atoms with van der Waals surface area (Å²) >= 11 is 14.2. The number of nitrogens with zero attached hydrogens (tertiary/aromatic N) is 5. The molecule has 0 bridgehead atoms. The van der Waals surface area contributed by atoms with E-state index in [-0.39, 0.29) is 40.2 Å². The minimum absolute atomic E-state index is 0.0778. The Morgan fingerprint density at radius 1 is 1.02 bits per heavy atom. The zero-order valence-corrected chi connectivity index (χ0v) is 26.1. The molecule has 0 aromatic carbocycles. The molecule has 6 rings (SSSR count). The lowest BCUT2D eigenvalue weighted by Crippen LogP contribution is -2.62. The number of aromatic nitrogens is 3. The SMILES string of the molecule is Cc1cn2nc([C@@H]3CCCCN3C(=O)C3C(Cl)CNC(Cl)C34CCCCCCCCC4)cc2nc1N1CC[C@H](N)C1. The summed E-state index contributed by atoms with van der Waals surface area (Å²) in [6.07, 6.45) is 16.4. The zero-order valence-electron chi connectivity index (χ0n) is 24.5. The molecule has 4 aliphatic rings. The number of piperidine rings is 2. The van der Waals surface area contributed by atoms with Crippen molar-refractivity contribution in [1.82, 2.24) is 24.8 Å². The molecule has 8 nitrogen and oxygen atoms in total. The second-order valence-corrected chi connectivity index (χ2v) is 14.1.